The molecular formula is C24H20N6O3. The molecule has 0 fully saturated rings. The van der Waals surface area contributed by atoms with E-state index in [1.807, 2.05) is 67.6 Å². The van der Waals surface area contributed by atoms with E-state index >= 15 is 0 Å². The van der Waals surface area contributed by atoms with Gasteiger partial charge in [-0.15, -0.1) is 5.10 Å². The van der Waals surface area contributed by atoms with Crippen molar-refractivity contribution in [1.29, 1.82) is 0 Å². The number of ether oxygens (including phenoxy) is 1. The number of rotatable bonds is 6. The molecule has 1 amide bonds. The van der Waals surface area contributed by atoms with Crippen LogP contribution in [0.3, 0.4) is 0 Å². The minimum atomic E-state index is -0.410. The molecule has 33 heavy (non-hydrogen) atoms. The van der Waals surface area contributed by atoms with Gasteiger partial charge < -0.3 is 9.15 Å². The lowest BCUT2D eigenvalue weighted by Gasteiger charge is -2.04. The van der Waals surface area contributed by atoms with E-state index in [2.05, 4.69) is 25.6 Å². The molecule has 0 saturated heterocycles. The van der Waals surface area contributed by atoms with Crippen LogP contribution in [0.5, 0.6) is 5.75 Å². The fraction of sp³-hybridized carbons (Fsp3) is 0.0833. The molecular weight excluding hydrogens is 420 g/mol. The number of nitrogens with zero attached hydrogens (tertiary/aromatic N) is 4. The monoisotopic (exact) mass is 440 g/mol. The number of H-pyrrole nitrogens is 1. The highest BCUT2D eigenvalue weighted by Gasteiger charge is 2.22. The SMILES string of the molecule is COc1ccccc1-c1nc(NC(=O)c2cn(-c3ccccc3)nc2-c2ccc(C)o2)n[nH]1. The van der Waals surface area contributed by atoms with Crippen LogP contribution in [0.1, 0.15) is 16.1 Å². The van der Waals surface area contributed by atoms with Crippen LogP contribution < -0.4 is 10.1 Å². The van der Waals surface area contributed by atoms with Crippen LogP contribution in [0.4, 0.5) is 5.95 Å². The Morgan fingerprint density at radius 2 is 1.85 bits per heavy atom. The second kappa shape index (κ2) is 8.46. The maximum atomic E-state index is 13.2. The van der Waals surface area contributed by atoms with E-state index in [0.29, 0.717) is 28.6 Å². The summed E-state index contributed by atoms with van der Waals surface area (Å²) < 4.78 is 12.8. The molecule has 2 aromatic carbocycles. The molecule has 9 nitrogen and oxygen atoms in total. The van der Waals surface area contributed by atoms with Crippen molar-refractivity contribution < 1.29 is 13.9 Å². The first-order valence-electron chi connectivity index (χ1n) is 10.2. The number of nitrogens with one attached hydrogen (secondary N) is 2. The minimum absolute atomic E-state index is 0.134. The number of aromatic nitrogens is 5. The minimum Gasteiger partial charge on any atom is -0.496 e. The van der Waals surface area contributed by atoms with Crippen molar-refractivity contribution in [3.8, 4) is 34.3 Å². The predicted octanol–water partition coefficient (Wildman–Crippen LogP) is 4.49. The Hall–Kier alpha value is -4.66. The number of anilines is 1. The molecule has 0 unspecified atom stereocenters. The van der Waals surface area contributed by atoms with Gasteiger partial charge in [-0.05, 0) is 43.3 Å². The van der Waals surface area contributed by atoms with Gasteiger partial charge in [-0.25, -0.2) is 4.68 Å². The summed E-state index contributed by atoms with van der Waals surface area (Å²) >= 11 is 0. The number of hydrogen-bond donors (Lipinski definition) is 2. The van der Waals surface area contributed by atoms with Crippen LogP contribution in [-0.4, -0.2) is 38.0 Å². The van der Waals surface area contributed by atoms with E-state index in [9.17, 15) is 4.79 Å². The van der Waals surface area contributed by atoms with Crippen LogP contribution in [0.2, 0.25) is 0 Å². The summed E-state index contributed by atoms with van der Waals surface area (Å²) in [6.45, 7) is 1.84. The number of methoxy groups -OCH3 is 1. The molecule has 5 aromatic rings. The van der Waals surface area contributed by atoms with Crippen molar-refractivity contribution in [2.45, 2.75) is 6.92 Å². The normalized spacial score (nSPS) is 10.8. The van der Waals surface area contributed by atoms with E-state index < -0.39 is 5.91 Å². The van der Waals surface area contributed by atoms with Gasteiger partial charge >= 0.3 is 0 Å². The summed E-state index contributed by atoms with van der Waals surface area (Å²) in [5, 5.41) is 14.3. The van der Waals surface area contributed by atoms with Crippen molar-refractivity contribution in [2.75, 3.05) is 12.4 Å². The molecule has 0 saturated carbocycles. The van der Waals surface area contributed by atoms with Gasteiger partial charge in [-0.3, -0.25) is 15.2 Å². The zero-order valence-electron chi connectivity index (χ0n) is 17.9. The maximum Gasteiger partial charge on any atom is 0.262 e. The average molecular weight is 440 g/mol. The lowest BCUT2D eigenvalue weighted by molar-refractivity contribution is 0.102. The summed E-state index contributed by atoms with van der Waals surface area (Å²) in [4.78, 5) is 17.6. The molecule has 0 spiro atoms. The number of carbonyl (C=O) groups excluding carboxylic acids is 1. The van der Waals surface area contributed by atoms with E-state index in [0.717, 1.165) is 17.0 Å². The van der Waals surface area contributed by atoms with Crippen LogP contribution in [0, 0.1) is 6.92 Å². The molecule has 5 rings (SSSR count). The van der Waals surface area contributed by atoms with Crippen LogP contribution >= 0.6 is 0 Å². The fourth-order valence-corrected chi connectivity index (χ4v) is 3.44. The van der Waals surface area contributed by atoms with E-state index in [1.54, 1.807) is 24.1 Å². The van der Waals surface area contributed by atoms with E-state index in [-0.39, 0.29) is 5.95 Å². The van der Waals surface area contributed by atoms with Gasteiger partial charge in [0.1, 0.15) is 17.2 Å². The lowest BCUT2D eigenvalue weighted by atomic mass is 10.2. The van der Waals surface area contributed by atoms with E-state index in [1.165, 1.54) is 0 Å². The molecule has 0 radical (unpaired) electrons. The van der Waals surface area contributed by atoms with E-state index in [4.69, 9.17) is 9.15 Å². The summed E-state index contributed by atoms with van der Waals surface area (Å²) in [7, 11) is 1.58. The molecule has 3 heterocycles. The van der Waals surface area contributed by atoms with Crippen LogP contribution in [0.25, 0.3) is 28.5 Å². The molecule has 0 aliphatic carbocycles. The standard InChI is InChI=1S/C24H20N6O3/c1-15-12-13-20(33-15)21-18(14-30(29-21)16-8-4-3-5-9-16)23(31)26-24-25-22(27-28-24)17-10-6-7-11-19(17)32-2/h3-14H,1-2H3,(H2,25,26,27,28,31). The van der Waals surface area contributed by atoms with Crippen molar-refractivity contribution in [3.63, 3.8) is 0 Å². The molecule has 164 valence electrons. The van der Waals surface area contributed by atoms with Gasteiger partial charge in [0, 0.05) is 6.20 Å². The first-order chi connectivity index (χ1) is 16.1. The van der Waals surface area contributed by atoms with Gasteiger partial charge in [0.2, 0.25) is 5.95 Å². The second-order valence-corrected chi connectivity index (χ2v) is 7.24. The number of furan rings is 1. The molecule has 3 aromatic heterocycles. The number of carbonyl (C=O) groups is 1. The molecule has 0 bridgehead atoms. The van der Waals surface area contributed by atoms with Crippen LogP contribution in [-0.2, 0) is 0 Å². The third-order valence-electron chi connectivity index (χ3n) is 5.03. The molecule has 0 atom stereocenters. The number of amides is 1. The third-order valence-corrected chi connectivity index (χ3v) is 5.03. The van der Waals surface area contributed by atoms with Gasteiger partial charge in [0.15, 0.2) is 11.6 Å². The number of aryl methyl sites for hydroxylation is 1. The van der Waals surface area contributed by atoms with Gasteiger partial charge in [0.25, 0.3) is 5.91 Å². The maximum absolute atomic E-state index is 13.2. The Bertz CT molecular complexity index is 1420. The Labute approximate surface area is 189 Å². The fourth-order valence-electron chi connectivity index (χ4n) is 3.44. The Morgan fingerprint density at radius 3 is 2.61 bits per heavy atom. The lowest BCUT2D eigenvalue weighted by Crippen LogP contribution is -2.13. The highest BCUT2D eigenvalue weighted by atomic mass is 16.5. The van der Waals surface area contributed by atoms with Crippen molar-refractivity contribution in [1.82, 2.24) is 25.0 Å². The average Bonchev–Trinajstić information content (AvgIpc) is 3.59. The third kappa shape index (κ3) is 3.99. The predicted molar refractivity (Wildman–Crippen MR) is 122 cm³/mol. The van der Waals surface area contributed by atoms with Crippen molar-refractivity contribution in [2.24, 2.45) is 0 Å². The van der Waals surface area contributed by atoms with Gasteiger partial charge in [-0.2, -0.15) is 10.1 Å². The highest BCUT2D eigenvalue weighted by Crippen LogP contribution is 2.28. The van der Waals surface area contributed by atoms with Gasteiger partial charge in [-0.1, -0.05) is 30.3 Å². The zero-order valence-corrected chi connectivity index (χ0v) is 17.9. The number of aromatic amines is 1. The molecule has 2 N–H and O–H groups in total. The van der Waals surface area contributed by atoms with Crippen LogP contribution in [0.15, 0.2) is 77.3 Å². The summed E-state index contributed by atoms with van der Waals surface area (Å²) in [5.74, 6) is 2.07. The Kier molecular flexibility index (Phi) is 5.19. The Morgan fingerprint density at radius 1 is 1.06 bits per heavy atom. The molecule has 9 heteroatoms. The number of hydrogen-bond acceptors (Lipinski definition) is 6. The topological polar surface area (TPSA) is 111 Å². The highest BCUT2D eigenvalue weighted by molar-refractivity contribution is 6.07. The quantitative estimate of drug-likeness (QED) is 0.403. The summed E-state index contributed by atoms with van der Waals surface area (Å²) in [6, 6.07) is 20.6. The summed E-state index contributed by atoms with van der Waals surface area (Å²) in [5.41, 5.74) is 2.30. The van der Waals surface area contributed by atoms with Crippen molar-refractivity contribution in [3.05, 3.63) is 84.3 Å². The first kappa shape index (κ1) is 20.3. The number of benzene rings is 2. The van der Waals surface area contributed by atoms with Crippen molar-refractivity contribution >= 4 is 11.9 Å². The molecule has 0 aliphatic heterocycles. The summed E-state index contributed by atoms with van der Waals surface area (Å²) in [6.07, 6.45) is 1.66. The number of para-hydroxylation sites is 2. The molecule has 0 aliphatic rings. The largest absolute Gasteiger partial charge is 0.496 e. The van der Waals surface area contributed by atoms with Gasteiger partial charge in [0.05, 0.1) is 23.9 Å². The smallest absolute Gasteiger partial charge is 0.262 e. The second-order valence-electron chi connectivity index (χ2n) is 7.24. The zero-order chi connectivity index (χ0) is 22.8. The first-order valence-corrected chi connectivity index (χ1v) is 10.2. The Balaban J connectivity index is 1.47.